The molecule has 0 atom stereocenters. The summed E-state index contributed by atoms with van der Waals surface area (Å²) >= 11 is 0. The van der Waals surface area contributed by atoms with Crippen LogP contribution in [0.15, 0.2) is 18.2 Å². The summed E-state index contributed by atoms with van der Waals surface area (Å²) < 4.78 is 5.49. The number of nitrogens with zero attached hydrogens (tertiary/aromatic N) is 1. The summed E-state index contributed by atoms with van der Waals surface area (Å²) in [5.74, 6) is -1.09. The molecule has 1 rings (SSSR count). The lowest BCUT2D eigenvalue weighted by atomic mass is 10.0. The number of nitro groups is 1. The SMILES string of the molecule is CCCCCCCCCCCCCCCCOc1cc(C(=O)O)ccc1[N+](=O)[O-]. The summed E-state index contributed by atoms with van der Waals surface area (Å²) in [5.41, 5.74) is -0.202. The van der Waals surface area contributed by atoms with Crippen LogP contribution in [0, 0.1) is 10.1 Å². The molecule has 0 aliphatic carbocycles. The highest BCUT2D eigenvalue weighted by Gasteiger charge is 2.17. The number of benzene rings is 1. The van der Waals surface area contributed by atoms with Crippen molar-refractivity contribution in [2.45, 2.75) is 96.8 Å². The highest BCUT2D eigenvalue weighted by atomic mass is 16.6. The Bertz CT molecular complexity index is 603. The Morgan fingerprint density at radius 2 is 1.38 bits per heavy atom. The van der Waals surface area contributed by atoms with E-state index in [1.165, 1.54) is 88.8 Å². The standard InChI is InChI=1S/C23H37NO5/c1-2-3-4-5-6-7-8-9-10-11-12-13-14-15-18-29-22-19-20(23(25)26)16-17-21(22)24(27)28/h16-17,19H,2-15,18H2,1H3,(H,25,26). The van der Waals surface area contributed by atoms with E-state index in [0.717, 1.165) is 19.3 Å². The van der Waals surface area contributed by atoms with Gasteiger partial charge in [-0.05, 0) is 12.5 Å². The van der Waals surface area contributed by atoms with Crippen molar-refractivity contribution in [1.29, 1.82) is 0 Å². The Balaban J connectivity index is 2.05. The first-order valence-electron chi connectivity index (χ1n) is 11.2. The zero-order chi connectivity index (χ0) is 21.3. The highest BCUT2D eigenvalue weighted by molar-refractivity contribution is 5.88. The number of ether oxygens (including phenoxy) is 1. The molecule has 0 aliphatic rings. The van der Waals surface area contributed by atoms with Gasteiger partial charge in [-0.1, -0.05) is 90.4 Å². The van der Waals surface area contributed by atoms with Crippen LogP contribution in [0.5, 0.6) is 5.75 Å². The van der Waals surface area contributed by atoms with Crippen LogP contribution in [-0.2, 0) is 0 Å². The van der Waals surface area contributed by atoms with Gasteiger partial charge in [0, 0.05) is 12.1 Å². The van der Waals surface area contributed by atoms with Crippen molar-refractivity contribution in [3.05, 3.63) is 33.9 Å². The van der Waals surface area contributed by atoms with Crippen molar-refractivity contribution in [2.24, 2.45) is 0 Å². The second-order valence-electron chi connectivity index (χ2n) is 7.69. The summed E-state index contributed by atoms with van der Waals surface area (Å²) in [6.07, 6.45) is 17.7. The van der Waals surface area contributed by atoms with Gasteiger partial charge in [0.15, 0.2) is 5.75 Å². The Labute approximate surface area is 174 Å². The summed E-state index contributed by atoms with van der Waals surface area (Å²) in [5, 5.41) is 20.1. The van der Waals surface area contributed by atoms with Crippen LogP contribution >= 0.6 is 0 Å². The molecule has 29 heavy (non-hydrogen) atoms. The van der Waals surface area contributed by atoms with Gasteiger partial charge in [0.1, 0.15) is 0 Å². The summed E-state index contributed by atoms with van der Waals surface area (Å²) in [4.78, 5) is 21.5. The molecule has 0 aromatic heterocycles. The first kappa shape index (κ1) is 24.9. The lowest BCUT2D eigenvalue weighted by Gasteiger charge is -2.08. The maximum Gasteiger partial charge on any atom is 0.335 e. The average Bonchev–Trinajstić information content (AvgIpc) is 2.70. The minimum Gasteiger partial charge on any atom is -0.487 e. The third kappa shape index (κ3) is 11.5. The maximum atomic E-state index is 11.0. The number of hydrogen-bond donors (Lipinski definition) is 1. The summed E-state index contributed by atoms with van der Waals surface area (Å²) in [7, 11) is 0. The van der Waals surface area contributed by atoms with Crippen molar-refractivity contribution in [1.82, 2.24) is 0 Å². The monoisotopic (exact) mass is 407 g/mol. The third-order valence-electron chi connectivity index (χ3n) is 5.16. The van der Waals surface area contributed by atoms with E-state index in [9.17, 15) is 14.9 Å². The minimum absolute atomic E-state index is 0.00782. The number of aromatic carboxylic acids is 1. The van der Waals surface area contributed by atoms with Crippen molar-refractivity contribution < 1.29 is 19.6 Å². The van der Waals surface area contributed by atoms with Gasteiger partial charge in [-0.15, -0.1) is 0 Å². The molecule has 0 heterocycles. The van der Waals surface area contributed by atoms with Crippen LogP contribution in [0.3, 0.4) is 0 Å². The molecule has 0 saturated heterocycles. The Morgan fingerprint density at radius 1 is 0.897 bits per heavy atom. The Hall–Kier alpha value is -2.11. The molecule has 1 aromatic carbocycles. The van der Waals surface area contributed by atoms with Crippen molar-refractivity contribution >= 4 is 11.7 Å². The van der Waals surface area contributed by atoms with E-state index in [1.54, 1.807) is 0 Å². The van der Waals surface area contributed by atoms with Crippen LogP contribution in [0.1, 0.15) is 107 Å². The molecule has 6 nitrogen and oxygen atoms in total. The number of unbranched alkanes of at least 4 members (excludes halogenated alkanes) is 13. The second kappa shape index (κ2) is 15.8. The maximum absolute atomic E-state index is 11.0. The normalized spacial score (nSPS) is 10.8. The number of carbonyl (C=O) groups is 1. The topological polar surface area (TPSA) is 89.7 Å². The van der Waals surface area contributed by atoms with Gasteiger partial charge in [-0.2, -0.15) is 0 Å². The van der Waals surface area contributed by atoms with Gasteiger partial charge in [0.05, 0.1) is 17.1 Å². The van der Waals surface area contributed by atoms with E-state index in [-0.39, 0.29) is 17.0 Å². The molecule has 0 unspecified atom stereocenters. The van der Waals surface area contributed by atoms with E-state index < -0.39 is 10.9 Å². The molecular formula is C23H37NO5. The fourth-order valence-corrected chi connectivity index (χ4v) is 3.39. The van der Waals surface area contributed by atoms with E-state index in [4.69, 9.17) is 9.84 Å². The number of rotatable bonds is 18. The lowest BCUT2D eigenvalue weighted by Crippen LogP contribution is -2.03. The molecule has 0 amide bonds. The van der Waals surface area contributed by atoms with Gasteiger partial charge in [-0.25, -0.2) is 4.79 Å². The molecule has 1 aromatic rings. The Morgan fingerprint density at radius 3 is 1.83 bits per heavy atom. The quantitative estimate of drug-likeness (QED) is 0.158. The third-order valence-corrected chi connectivity index (χ3v) is 5.16. The van der Waals surface area contributed by atoms with E-state index in [0.29, 0.717) is 6.61 Å². The minimum atomic E-state index is -1.12. The number of carboxylic acid groups (broad SMARTS) is 1. The zero-order valence-electron chi connectivity index (χ0n) is 17.9. The molecule has 0 saturated carbocycles. The molecule has 164 valence electrons. The fraction of sp³-hybridized carbons (Fsp3) is 0.696. The van der Waals surface area contributed by atoms with Gasteiger partial charge in [-0.3, -0.25) is 10.1 Å². The van der Waals surface area contributed by atoms with Crippen molar-refractivity contribution in [3.8, 4) is 5.75 Å². The van der Waals surface area contributed by atoms with Crippen molar-refractivity contribution in [2.75, 3.05) is 6.61 Å². The lowest BCUT2D eigenvalue weighted by molar-refractivity contribution is -0.385. The zero-order valence-corrected chi connectivity index (χ0v) is 17.9. The van der Waals surface area contributed by atoms with Gasteiger partial charge in [0.25, 0.3) is 0 Å². The van der Waals surface area contributed by atoms with E-state index in [1.807, 2.05) is 0 Å². The van der Waals surface area contributed by atoms with Crippen molar-refractivity contribution in [3.63, 3.8) is 0 Å². The molecule has 0 fully saturated rings. The summed E-state index contributed by atoms with van der Waals surface area (Å²) in [6, 6.07) is 3.63. The first-order chi connectivity index (χ1) is 14.1. The number of carboxylic acids is 1. The van der Waals surface area contributed by atoms with Gasteiger partial charge >= 0.3 is 11.7 Å². The number of hydrogen-bond acceptors (Lipinski definition) is 4. The predicted octanol–water partition coefficient (Wildman–Crippen LogP) is 7.15. The smallest absolute Gasteiger partial charge is 0.335 e. The van der Waals surface area contributed by atoms with E-state index >= 15 is 0 Å². The number of nitro benzene ring substituents is 1. The first-order valence-corrected chi connectivity index (χ1v) is 11.2. The van der Waals surface area contributed by atoms with Gasteiger partial charge < -0.3 is 9.84 Å². The molecule has 0 bridgehead atoms. The second-order valence-corrected chi connectivity index (χ2v) is 7.69. The van der Waals surface area contributed by atoms with Crippen LogP contribution < -0.4 is 4.74 Å². The molecule has 0 aliphatic heterocycles. The Kier molecular flexibility index (Phi) is 13.6. The highest BCUT2D eigenvalue weighted by Crippen LogP contribution is 2.28. The fourth-order valence-electron chi connectivity index (χ4n) is 3.39. The average molecular weight is 408 g/mol. The van der Waals surface area contributed by atoms with Crippen LogP contribution in [0.25, 0.3) is 0 Å². The molecule has 0 radical (unpaired) electrons. The van der Waals surface area contributed by atoms with E-state index in [2.05, 4.69) is 6.92 Å². The molecule has 1 N–H and O–H groups in total. The predicted molar refractivity (Wildman–Crippen MR) is 116 cm³/mol. The van der Waals surface area contributed by atoms with Crippen LogP contribution in [-0.4, -0.2) is 22.6 Å². The largest absolute Gasteiger partial charge is 0.487 e. The van der Waals surface area contributed by atoms with Crippen LogP contribution in [0.4, 0.5) is 5.69 Å². The van der Waals surface area contributed by atoms with Crippen LogP contribution in [0.2, 0.25) is 0 Å². The van der Waals surface area contributed by atoms with Gasteiger partial charge in [0.2, 0.25) is 0 Å². The molecule has 0 spiro atoms. The summed E-state index contributed by atoms with van der Waals surface area (Å²) in [6.45, 7) is 2.61. The molecular weight excluding hydrogens is 370 g/mol. The molecule has 6 heteroatoms.